The van der Waals surface area contributed by atoms with E-state index < -0.39 is 0 Å². The summed E-state index contributed by atoms with van der Waals surface area (Å²) >= 11 is 0. The van der Waals surface area contributed by atoms with Gasteiger partial charge in [0.2, 0.25) is 0 Å². The summed E-state index contributed by atoms with van der Waals surface area (Å²) in [5.41, 5.74) is 1.33. The highest BCUT2D eigenvalue weighted by Crippen LogP contribution is 2.24. The van der Waals surface area contributed by atoms with E-state index in [1.807, 2.05) is 4.68 Å². The van der Waals surface area contributed by atoms with Gasteiger partial charge in [-0.05, 0) is 35.3 Å². The maximum atomic E-state index is 4.27. The number of tetrazole rings is 1. The van der Waals surface area contributed by atoms with Crippen LogP contribution in [0.5, 0.6) is 0 Å². The van der Waals surface area contributed by atoms with Crippen molar-refractivity contribution in [3.8, 4) is 0 Å². The van der Waals surface area contributed by atoms with Gasteiger partial charge in [0.05, 0.1) is 6.54 Å². The van der Waals surface area contributed by atoms with Gasteiger partial charge in [-0.15, -0.1) is 5.10 Å². The molecule has 142 valence electrons. The van der Waals surface area contributed by atoms with Crippen LogP contribution in [0.15, 0.2) is 30.3 Å². The van der Waals surface area contributed by atoms with E-state index in [0.717, 1.165) is 44.5 Å². The number of aromatic nitrogens is 4. The molecular formula is C19H28ClN6-. The number of benzene rings is 1. The number of halogens is 1. The highest BCUT2D eigenvalue weighted by Gasteiger charge is 2.26. The predicted molar refractivity (Wildman–Crippen MR) is 97.1 cm³/mol. The van der Waals surface area contributed by atoms with Crippen LogP contribution in [0.1, 0.15) is 37.1 Å². The first-order chi connectivity index (χ1) is 12.4. The van der Waals surface area contributed by atoms with Crippen LogP contribution in [0.2, 0.25) is 0 Å². The molecule has 7 heteroatoms. The van der Waals surface area contributed by atoms with Crippen LogP contribution in [0.25, 0.3) is 0 Å². The molecule has 0 bridgehead atoms. The van der Waals surface area contributed by atoms with Gasteiger partial charge in [0, 0.05) is 38.8 Å². The molecule has 4 rings (SSSR count). The second-order valence-corrected chi connectivity index (χ2v) is 7.30. The Balaban J connectivity index is 0.00000196. The van der Waals surface area contributed by atoms with Gasteiger partial charge in [-0.2, -0.15) is 0 Å². The lowest BCUT2D eigenvalue weighted by Gasteiger charge is -2.37. The third-order valence-corrected chi connectivity index (χ3v) is 5.67. The second kappa shape index (κ2) is 9.44. The third-order valence-electron chi connectivity index (χ3n) is 5.67. The molecule has 0 N–H and O–H groups in total. The van der Waals surface area contributed by atoms with Gasteiger partial charge in [0.1, 0.15) is 0 Å². The molecule has 0 unspecified atom stereocenters. The van der Waals surface area contributed by atoms with E-state index in [2.05, 4.69) is 55.7 Å². The fraction of sp³-hybridized carbons (Fsp3) is 0.632. The number of nitrogens with zero attached hydrogens (tertiary/aromatic N) is 6. The fourth-order valence-corrected chi connectivity index (χ4v) is 4.15. The fourth-order valence-electron chi connectivity index (χ4n) is 4.15. The van der Waals surface area contributed by atoms with E-state index in [0.29, 0.717) is 0 Å². The summed E-state index contributed by atoms with van der Waals surface area (Å²) in [6.07, 6.45) is 6.60. The van der Waals surface area contributed by atoms with Gasteiger partial charge in [0.25, 0.3) is 0 Å². The van der Waals surface area contributed by atoms with Gasteiger partial charge in [0.15, 0.2) is 5.82 Å². The first-order valence-electron chi connectivity index (χ1n) is 9.64. The summed E-state index contributed by atoms with van der Waals surface area (Å²) in [6, 6.07) is 11.4. The molecule has 2 fully saturated rings. The highest BCUT2D eigenvalue weighted by atomic mass is 35.5. The van der Waals surface area contributed by atoms with Crippen LogP contribution in [0.4, 0.5) is 0 Å². The van der Waals surface area contributed by atoms with Gasteiger partial charge in [-0.1, -0.05) is 43.2 Å². The summed E-state index contributed by atoms with van der Waals surface area (Å²) in [6.45, 7) is 6.34. The Bertz CT molecular complexity index is 647. The molecule has 1 aromatic carbocycles. The van der Waals surface area contributed by atoms with Gasteiger partial charge in [-0.3, -0.25) is 9.80 Å². The molecule has 1 aliphatic carbocycles. The first kappa shape index (κ1) is 19.3. The Kier molecular flexibility index (Phi) is 7.00. The van der Waals surface area contributed by atoms with Crippen LogP contribution in [-0.2, 0) is 19.5 Å². The van der Waals surface area contributed by atoms with E-state index >= 15 is 0 Å². The first-order valence-corrected chi connectivity index (χ1v) is 9.64. The normalized spacial score (nSPS) is 19.5. The molecule has 1 saturated heterocycles. The van der Waals surface area contributed by atoms with Crippen molar-refractivity contribution in [2.45, 2.75) is 51.2 Å². The van der Waals surface area contributed by atoms with Crippen molar-refractivity contribution in [2.75, 3.05) is 26.2 Å². The topological polar surface area (TPSA) is 50.1 Å². The van der Waals surface area contributed by atoms with Crippen molar-refractivity contribution in [2.24, 2.45) is 0 Å². The van der Waals surface area contributed by atoms with E-state index in [4.69, 9.17) is 0 Å². The Morgan fingerprint density at radius 3 is 2.42 bits per heavy atom. The zero-order valence-electron chi connectivity index (χ0n) is 15.3. The molecule has 6 nitrogen and oxygen atoms in total. The van der Waals surface area contributed by atoms with Crippen molar-refractivity contribution >= 4 is 0 Å². The van der Waals surface area contributed by atoms with Crippen molar-refractivity contribution in [3.05, 3.63) is 41.7 Å². The van der Waals surface area contributed by atoms with Crippen molar-refractivity contribution in [1.82, 2.24) is 30.0 Å². The summed E-state index contributed by atoms with van der Waals surface area (Å²) in [5, 5.41) is 12.4. The van der Waals surface area contributed by atoms with Crippen LogP contribution in [0, 0.1) is 0 Å². The van der Waals surface area contributed by atoms with Gasteiger partial charge < -0.3 is 12.4 Å². The zero-order chi connectivity index (χ0) is 16.9. The maximum Gasteiger partial charge on any atom is 0.165 e. The van der Waals surface area contributed by atoms with Crippen molar-refractivity contribution in [1.29, 1.82) is 0 Å². The Labute approximate surface area is 162 Å². The molecular weight excluding hydrogens is 348 g/mol. The average Bonchev–Trinajstić information content (AvgIpc) is 3.34. The summed E-state index contributed by atoms with van der Waals surface area (Å²) in [4.78, 5) is 5.19. The molecule has 2 heterocycles. The molecule has 1 aromatic heterocycles. The lowest BCUT2D eigenvalue weighted by atomic mass is 10.1. The standard InChI is InChI=1S/C19H28N6.ClH/c1-2-6-17(7-3-1)10-11-25-19(20-21-22-25)16-23-12-14-24(15-13-23)18-8-4-5-9-18;/h1-3,6-7,18H,4-5,8-16H2;1H/p-1. The Hall–Kier alpha value is -1.50. The highest BCUT2D eigenvalue weighted by molar-refractivity contribution is 5.14. The molecule has 1 saturated carbocycles. The van der Waals surface area contributed by atoms with Gasteiger partial charge >= 0.3 is 0 Å². The summed E-state index contributed by atoms with van der Waals surface area (Å²) < 4.78 is 1.97. The molecule has 0 atom stereocenters. The SMILES string of the molecule is [Cl-].c1ccc(CCn2nnnc2CN2CCN(C3CCCC3)CC2)cc1. The third kappa shape index (κ3) is 4.81. The monoisotopic (exact) mass is 375 g/mol. The largest absolute Gasteiger partial charge is 1.00 e. The number of hydrogen-bond donors (Lipinski definition) is 0. The molecule has 1 aliphatic heterocycles. The smallest absolute Gasteiger partial charge is 0.165 e. The molecule has 0 spiro atoms. The summed E-state index contributed by atoms with van der Waals surface area (Å²) in [7, 11) is 0. The quantitative estimate of drug-likeness (QED) is 0.647. The van der Waals surface area contributed by atoms with Crippen LogP contribution < -0.4 is 12.4 Å². The predicted octanol–water partition coefficient (Wildman–Crippen LogP) is -1.02. The number of rotatable bonds is 6. The second-order valence-electron chi connectivity index (χ2n) is 7.30. The van der Waals surface area contributed by atoms with E-state index in [9.17, 15) is 0 Å². The molecule has 2 aromatic rings. The van der Waals surface area contributed by atoms with E-state index in [1.54, 1.807) is 0 Å². The molecule has 2 aliphatic rings. The van der Waals surface area contributed by atoms with Crippen molar-refractivity contribution in [3.63, 3.8) is 0 Å². The maximum absolute atomic E-state index is 4.27. The van der Waals surface area contributed by atoms with E-state index in [1.165, 1.54) is 44.3 Å². The molecule has 0 radical (unpaired) electrons. The Morgan fingerprint density at radius 1 is 0.962 bits per heavy atom. The van der Waals surface area contributed by atoms with Crippen LogP contribution in [-0.4, -0.2) is 62.2 Å². The van der Waals surface area contributed by atoms with Crippen LogP contribution in [0.3, 0.4) is 0 Å². The van der Waals surface area contributed by atoms with E-state index in [-0.39, 0.29) is 12.4 Å². The van der Waals surface area contributed by atoms with Crippen LogP contribution >= 0.6 is 0 Å². The lowest BCUT2D eigenvalue weighted by Crippen LogP contribution is -3.00. The number of hydrogen-bond acceptors (Lipinski definition) is 5. The van der Waals surface area contributed by atoms with Crippen molar-refractivity contribution < 1.29 is 12.4 Å². The summed E-state index contributed by atoms with van der Waals surface area (Å²) in [5.74, 6) is 0.991. The number of piperazine rings is 1. The minimum atomic E-state index is 0. The zero-order valence-corrected chi connectivity index (χ0v) is 16.1. The average molecular weight is 376 g/mol. The molecule has 26 heavy (non-hydrogen) atoms. The Morgan fingerprint density at radius 2 is 1.69 bits per heavy atom. The molecule has 0 amide bonds. The minimum Gasteiger partial charge on any atom is -1.00 e. The minimum absolute atomic E-state index is 0. The lowest BCUT2D eigenvalue weighted by molar-refractivity contribution is -0.00000548. The van der Waals surface area contributed by atoms with Gasteiger partial charge in [-0.25, -0.2) is 4.68 Å². The number of aryl methyl sites for hydroxylation is 2.